The molecule has 0 radical (unpaired) electrons. The molecular weight excluding hydrogens is 261 g/mol. The molecule has 0 unspecified atom stereocenters. The topological polar surface area (TPSA) is 62.6 Å². The van der Waals surface area contributed by atoms with E-state index in [-0.39, 0.29) is 0 Å². The van der Waals surface area contributed by atoms with E-state index in [1.807, 2.05) is 0 Å². The fourth-order valence-electron chi connectivity index (χ4n) is 1.76. The van der Waals surface area contributed by atoms with Gasteiger partial charge in [-0.2, -0.15) is 0 Å². The molecule has 0 bridgehead atoms. The van der Waals surface area contributed by atoms with E-state index in [1.54, 1.807) is 0 Å². The summed E-state index contributed by atoms with van der Waals surface area (Å²) in [5.41, 5.74) is 0.390. The van der Waals surface area contributed by atoms with Crippen LogP contribution in [-0.4, -0.2) is 38.0 Å². The number of carbonyl (C=O) groups excluding carboxylic acids is 2. The van der Waals surface area contributed by atoms with Crippen LogP contribution in [0.4, 0.5) is 10.1 Å². The molecule has 0 fully saturated rings. The van der Waals surface area contributed by atoms with Crippen molar-refractivity contribution in [2.75, 3.05) is 31.5 Å². The van der Waals surface area contributed by atoms with Crippen LogP contribution in [0.1, 0.15) is 13.8 Å². The number of benzene rings is 1. The second-order valence-corrected chi connectivity index (χ2v) is 4.42. The lowest BCUT2D eigenvalue weighted by atomic mass is 10.3. The minimum absolute atomic E-state index is 0.390. The van der Waals surface area contributed by atoms with Crippen LogP contribution in [0.5, 0.6) is 0 Å². The van der Waals surface area contributed by atoms with Crippen molar-refractivity contribution in [3.8, 4) is 0 Å². The molecule has 1 aromatic carbocycles. The molecule has 5 nitrogen and oxygen atoms in total. The Morgan fingerprint density at radius 3 is 2.25 bits per heavy atom. The Labute approximate surface area is 118 Å². The van der Waals surface area contributed by atoms with Gasteiger partial charge in [0.05, 0.1) is 26.2 Å². The van der Waals surface area contributed by atoms with Crippen LogP contribution < -0.4 is 15.5 Å². The third-order valence-electron chi connectivity index (χ3n) is 3.07. The summed E-state index contributed by atoms with van der Waals surface area (Å²) >= 11 is 0. The number of amides is 2. The van der Waals surface area contributed by atoms with Crippen LogP contribution >= 0.6 is 0 Å². The lowest BCUT2D eigenvalue weighted by molar-refractivity contribution is -0.895. The quantitative estimate of drug-likeness (QED) is 0.633. The summed E-state index contributed by atoms with van der Waals surface area (Å²) in [7, 11) is 0. The monoisotopic (exact) mass is 282 g/mol. The first-order chi connectivity index (χ1) is 9.56. The smallest absolute Gasteiger partial charge is 0.313 e. The van der Waals surface area contributed by atoms with E-state index in [4.69, 9.17) is 0 Å². The number of rotatable bonds is 6. The number of halogens is 1. The molecule has 0 atom stereocenters. The number of carbonyl (C=O) groups is 2. The molecule has 0 saturated heterocycles. The third-order valence-corrected chi connectivity index (χ3v) is 3.07. The lowest BCUT2D eigenvalue weighted by Crippen LogP contribution is -3.12. The van der Waals surface area contributed by atoms with Crippen LogP contribution in [-0.2, 0) is 9.59 Å². The van der Waals surface area contributed by atoms with Gasteiger partial charge in [-0.05, 0) is 38.1 Å². The third kappa shape index (κ3) is 5.36. The molecule has 1 rings (SSSR count). The fraction of sp³-hybridized carbons (Fsp3) is 0.429. The second kappa shape index (κ2) is 8.27. The number of hydrogen-bond donors (Lipinski definition) is 3. The van der Waals surface area contributed by atoms with Crippen LogP contribution in [0.15, 0.2) is 24.3 Å². The minimum atomic E-state index is -0.744. The van der Waals surface area contributed by atoms with Crippen LogP contribution in [0.3, 0.4) is 0 Å². The fourth-order valence-corrected chi connectivity index (χ4v) is 1.76. The Morgan fingerprint density at radius 2 is 1.70 bits per heavy atom. The van der Waals surface area contributed by atoms with Crippen molar-refractivity contribution in [2.24, 2.45) is 0 Å². The van der Waals surface area contributed by atoms with E-state index in [0.717, 1.165) is 19.6 Å². The van der Waals surface area contributed by atoms with Crippen LogP contribution in [0.25, 0.3) is 0 Å². The first-order valence-corrected chi connectivity index (χ1v) is 6.75. The van der Waals surface area contributed by atoms with Gasteiger partial charge < -0.3 is 15.5 Å². The van der Waals surface area contributed by atoms with E-state index < -0.39 is 17.6 Å². The number of quaternary nitrogens is 1. The highest BCUT2D eigenvalue weighted by molar-refractivity contribution is 6.39. The van der Waals surface area contributed by atoms with Crippen molar-refractivity contribution < 1.29 is 18.9 Å². The van der Waals surface area contributed by atoms with Gasteiger partial charge in [-0.25, -0.2) is 4.39 Å². The largest absolute Gasteiger partial charge is 0.342 e. The van der Waals surface area contributed by atoms with Gasteiger partial charge in [0.15, 0.2) is 0 Å². The van der Waals surface area contributed by atoms with E-state index >= 15 is 0 Å². The Morgan fingerprint density at radius 1 is 1.10 bits per heavy atom. The molecule has 0 aromatic heterocycles. The normalized spacial score (nSPS) is 10.4. The van der Waals surface area contributed by atoms with Gasteiger partial charge in [-0.1, -0.05) is 0 Å². The Kier molecular flexibility index (Phi) is 6.66. The maximum atomic E-state index is 12.7. The van der Waals surface area contributed by atoms with E-state index in [9.17, 15) is 14.0 Å². The van der Waals surface area contributed by atoms with Crippen molar-refractivity contribution in [2.45, 2.75) is 13.8 Å². The summed E-state index contributed by atoms with van der Waals surface area (Å²) in [6.07, 6.45) is 0. The average Bonchev–Trinajstić information content (AvgIpc) is 2.45. The number of nitrogens with one attached hydrogen (secondary N) is 3. The SMILES string of the molecule is CC[NH+](CC)CCNC(=O)C(=O)Nc1ccc(F)cc1. The molecule has 0 saturated carbocycles. The maximum Gasteiger partial charge on any atom is 0.313 e. The average molecular weight is 282 g/mol. The first kappa shape index (κ1) is 16.1. The summed E-state index contributed by atoms with van der Waals surface area (Å²) in [6, 6.07) is 5.25. The van der Waals surface area contributed by atoms with Crippen molar-refractivity contribution in [3.05, 3.63) is 30.1 Å². The van der Waals surface area contributed by atoms with Crippen LogP contribution in [0, 0.1) is 5.82 Å². The van der Waals surface area contributed by atoms with Crippen molar-refractivity contribution in [3.63, 3.8) is 0 Å². The number of hydrogen-bond acceptors (Lipinski definition) is 2. The Bertz CT molecular complexity index is 444. The van der Waals surface area contributed by atoms with Gasteiger partial charge in [-0.15, -0.1) is 0 Å². The predicted octanol–water partition coefficient (Wildman–Crippen LogP) is -0.195. The molecule has 0 heterocycles. The van der Waals surface area contributed by atoms with Gasteiger partial charge in [-0.3, -0.25) is 9.59 Å². The highest BCUT2D eigenvalue weighted by atomic mass is 19.1. The van der Waals surface area contributed by atoms with Crippen molar-refractivity contribution in [1.82, 2.24) is 5.32 Å². The Balaban J connectivity index is 2.36. The lowest BCUT2D eigenvalue weighted by Gasteiger charge is -2.15. The zero-order valence-electron chi connectivity index (χ0n) is 11.8. The minimum Gasteiger partial charge on any atom is -0.342 e. The molecule has 0 aliphatic heterocycles. The molecule has 20 heavy (non-hydrogen) atoms. The molecule has 1 aromatic rings. The first-order valence-electron chi connectivity index (χ1n) is 6.75. The van der Waals surface area contributed by atoms with Gasteiger partial charge in [0.25, 0.3) is 0 Å². The highest BCUT2D eigenvalue weighted by Crippen LogP contribution is 2.07. The van der Waals surface area contributed by atoms with Gasteiger partial charge >= 0.3 is 11.8 Å². The summed E-state index contributed by atoms with van der Waals surface area (Å²) in [5.74, 6) is -1.82. The summed E-state index contributed by atoms with van der Waals surface area (Å²) < 4.78 is 12.7. The number of likely N-dealkylation sites (N-methyl/N-ethyl adjacent to an activating group) is 1. The van der Waals surface area contributed by atoms with Crippen LogP contribution in [0.2, 0.25) is 0 Å². The van der Waals surface area contributed by atoms with Crippen molar-refractivity contribution in [1.29, 1.82) is 0 Å². The number of anilines is 1. The molecule has 0 spiro atoms. The molecule has 0 aliphatic rings. The van der Waals surface area contributed by atoms with Crippen molar-refractivity contribution >= 4 is 17.5 Å². The molecule has 110 valence electrons. The van der Waals surface area contributed by atoms with Gasteiger partial charge in [0.1, 0.15) is 5.82 Å². The zero-order valence-corrected chi connectivity index (χ0v) is 11.8. The maximum absolute atomic E-state index is 12.7. The van der Waals surface area contributed by atoms with Gasteiger partial charge in [0, 0.05) is 5.69 Å². The molecule has 6 heteroatoms. The Hall–Kier alpha value is -1.95. The zero-order chi connectivity index (χ0) is 15.0. The van der Waals surface area contributed by atoms with E-state index in [1.165, 1.54) is 29.2 Å². The summed E-state index contributed by atoms with van der Waals surface area (Å²) in [5, 5.41) is 4.98. The standard InChI is InChI=1S/C14H20FN3O2/c1-3-18(4-2)10-9-16-13(19)14(20)17-12-7-5-11(15)6-8-12/h5-8H,3-4,9-10H2,1-2H3,(H,16,19)(H,17,20)/p+1. The molecule has 3 N–H and O–H groups in total. The predicted molar refractivity (Wildman–Crippen MR) is 75.0 cm³/mol. The summed E-state index contributed by atoms with van der Waals surface area (Å²) in [6.45, 7) is 7.33. The van der Waals surface area contributed by atoms with E-state index in [0.29, 0.717) is 12.2 Å². The molecule has 2 amide bonds. The van der Waals surface area contributed by atoms with E-state index in [2.05, 4.69) is 24.5 Å². The molecular formula is C14H21FN3O2+. The summed E-state index contributed by atoms with van der Waals surface area (Å²) in [4.78, 5) is 24.5. The second-order valence-electron chi connectivity index (χ2n) is 4.42. The molecule has 0 aliphatic carbocycles. The highest BCUT2D eigenvalue weighted by Gasteiger charge is 2.14. The van der Waals surface area contributed by atoms with Gasteiger partial charge in [0.2, 0.25) is 0 Å².